The van der Waals surface area contributed by atoms with Gasteiger partial charge in [0.25, 0.3) is 0 Å². The molecule has 2 aromatic carbocycles. The number of benzene rings is 2. The average Bonchev–Trinajstić information content (AvgIpc) is 2.67. The molecule has 2 aromatic rings. The summed E-state index contributed by atoms with van der Waals surface area (Å²) in [5.41, 5.74) is 3.51. The molecule has 1 heterocycles. The lowest BCUT2D eigenvalue weighted by atomic mass is 9.83. The van der Waals surface area contributed by atoms with Crippen molar-refractivity contribution in [2.24, 2.45) is 0 Å². The average molecular weight is 260 g/mol. The first-order chi connectivity index (χ1) is 9.76. The minimum absolute atomic E-state index is 0.320. The van der Waals surface area contributed by atoms with Crippen LogP contribution in [0.15, 0.2) is 66.8 Å². The molecule has 0 N–H and O–H groups in total. The van der Waals surface area contributed by atoms with E-state index in [4.69, 9.17) is 4.74 Å². The fraction of sp³-hybridized carbons (Fsp3) is 0.158. The van der Waals surface area contributed by atoms with Crippen LogP contribution in [0.1, 0.15) is 18.1 Å². The molecule has 4 rings (SSSR count). The van der Waals surface area contributed by atoms with Gasteiger partial charge in [0.1, 0.15) is 5.60 Å². The van der Waals surface area contributed by atoms with E-state index in [0.29, 0.717) is 6.61 Å². The molecule has 0 aromatic heterocycles. The molecule has 1 aliphatic carbocycles. The van der Waals surface area contributed by atoms with Crippen LogP contribution >= 0.6 is 0 Å². The minimum Gasteiger partial charge on any atom is -0.362 e. The van der Waals surface area contributed by atoms with Gasteiger partial charge >= 0.3 is 0 Å². The number of fused-ring (bicyclic) bond motifs is 4. The second-order valence-corrected chi connectivity index (χ2v) is 5.58. The second kappa shape index (κ2) is 4.19. The van der Waals surface area contributed by atoms with Crippen LogP contribution in [0.5, 0.6) is 0 Å². The lowest BCUT2D eigenvalue weighted by molar-refractivity contribution is 0.0289. The molecule has 0 amide bonds. The van der Waals surface area contributed by atoms with E-state index in [9.17, 15) is 0 Å². The Morgan fingerprint density at radius 2 is 1.80 bits per heavy atom. The zero-order valence-corrected chi connectivity index (χ0v) is 11.5. The van der Waals surface area contributed by atoms with Gasteiger partial charge in [-0.15, -0.1) is 0 Å². The summed E-state index contributed by atoms with van der Waals surface area (Å²) in [6, 6.07) is 13.1. The Kier molecular flexibility index (Phi) is 2.45. The van der Waals surface area contributed by atoms with Crippen LogP contribution in [0.2, 0.25) is 0 Å². The summed E-state index contributed by atoms with van der Waals surface area (Å²) in [6.07, 6.45) is 10.5. The van der Waals surface area contributed by atoms with E-state index >= 15 is 0 Å². The lowest BCUT2D eigenvalue weighted by Gasteiger charge is -2.35. The molecule has 0 bridgehead atoms. The fourth-order valence-electron chi connectivity index (χ4n) is 3.08. The maximum absolute atomic E-state index is 6.13. The standard InChI is InChI=1S/C19H16O/c1-19-10-6-2-3-9-18(19)17-12-15-8-5-4-7-14(15)11-16(17)13-20-19/h2-12H,13H2,1H3. The van der Waals surface area contributed by atoms with Crippen LogP contribution in [0.25, 0.3) is 16.3 Å². The molecule has 1 unspecified atom stereocenters. The Morgan fingerprint density at radius 1 is 1.00 bits per heavy atom. The molecule has 0 radical (unpaired) electrons. The van der Waals surface area contributed by atoms with Crippen LogP contribution in [0, 0.1) is 0 Å². The van der Waals surface area contributed by atoms with Crippen LogP contribution in [0.4, 0.5) is 0 Å². The Balaban J connectivity index is 2.00. The first-order valence-electron chi connectivity index (χ1n) is 6.99. The third kappa shape index (κ3) is 1.67. The number of ether oxygens (including phenoxy) is 1. The first kappa shape index (κ1) is 11.7. The predicted molar refractivity (Wildman–Crippen MR) is 83.4 cm³/mol. The van der Waals surface area contributed by atoms with Gasteiger partial charge in [0, 0.05) is 0 Å². The van der Waals surface area contributed by atoms with Gasteiger partial charge in [0.15, 0.2) is 0 Å². The van der Waals surface area contributed by atoms with Crippen molar-refractivity contribution in [2.45, 2.75) is 19.1 Å². The summed E-state index contributed by atoms with van der Waals surface area (Å²) in [5.74, 6) is 0. The zero-order valence-electron chi connectivity index (χ0n) is 11.5. The highest BCUT2D eigenvalue weighted by Gasteiger charge is 2.33. The Hall–Kier alpha value is -2.12. The van der Waals surface area contributed by atoms with Crippen molar-refractivity contribution in [3.05, 3.63) is 77.9 Å². The molecule has 0 saturated carbocycles. The second-order valence-electron chi connectivity index (χ2n) is 5.58. The van der Waals surface area contributed by atoms with Crippen LogP contribution < -0.4 is 0 Å². The summed E-state index contributed by atoms with van der Waals surface area (Å²) >= 11 is 0. The highest BCUT2D eigenvalue weighted by Crippen LogP contribution is 2.41. The van der Waals surface area contributed by atoms with Crippen molar-refractivity contribution in [2.75, 3.05) is 0 Å². The molecule has 1 atom stereocenters. The molecule has 1 heteroatoms. The largest absolute Gasteiger partial charge is 0.362 e. The van der Waals surface area contributed by atoms with E-state index < -0.39 is 0 Å². The van der Waals surface area contributed by atoms with Gasteiger partial charge in [-0.05, 0) is 52.6 Å². The van der Waals surface area contributed by atoms with Crippen LogP contribution in [-0.2, 0) is 11.3 Å². The van der Waals surface area contributed by atoms with Crippen molar-refractivity contribution in [3.63, 3.8) is 0 Å². The molecule has 98 valence electrons. The smallest absolute Gasteiger partial charge is 0.110 e. The Morgan fingerprint density at radius 3 is 2.65 bits per heavy atom. The highest BCUT2D eigenvalue weighted by atomic mass is 16.5. The molecular formula is C19H16O. The van der Waals surface area contributed by atoms with E-state index in [1.807, 2.05) is 0 Å². The van der Waals surface area contributed by atoms with Gasteiger partial charge in [-0.3, -0.25) is 0 Å². The molecule has 20 heavy (non-hydrogen) atoms. The maximum atomic E-state index is 6.13. The van der Waals surface area contributed by atoms with Crippen molar-refractivity contribution < 1.29 is 4.74 Å². The van der Waals surface area contributed by atoms with Gasteiger partial charge in [-0.1, -0.05) is 48.6 Å². The number of rotatable bonds is 0. The maximum Gasteiger partial charge on any atom is 0.110 e. The molecule has 0 spiro atoms. The van der Waals surface area contributed by atoms with E-state index in [0.717, 1.165) is 0 Å². The molecule has 1 aliphatic heterocycles. The molecule has 0 fully saturated rings. The monoisotopic (exact) mass is 260 g/mol. The quantitative estimate of drug-likeness (QED) is 0.670. The molecular weight excluding hydrogens is 244 g/mol. The number of hydrogen-bond donors (Lipinski definition) is 0. The van der Waals surface area contributed by atoms with Crippen molar-refractivity contribution in [3.8, 4) is 0 Å². The van der Waals surface area contributed by atoms with Crippen LogP contribution in [-0.4, -0.2) is 5.60 Å². The Bertz CT molecular complexity index is 779. The van der Waals surface area contributed by atoms with Crippen molar-refractivity contribution in [1.29, 1.82) is 0 Å². The van der Waals surface area contributed by atoms with E-state index in [-0.39, 0.29) is 5.60 Å². The predicted octanol–water partition coefficient (Wildman–Crippen LogP) is 4.64. The third-order valence-corrected chi connectivity index (χ3v) is 4.22. The van der Waals surface area contributed by atoms with Crippen molar-refractivity contribution in [1.82, 2.24) is 0 Å². The normalized spacial score (nSPS) is 23.9. The van der Waals surface area contributed by atoms with Crippen LogP contribution in [0.3, 0.4) is 0 Å². The van der Waals surface area contributed by atoms with Gasteiger partial charge in [-0.2, -0.15) is 0 Å². The summed E-state index contributed by atoms with van der Waals surface area (Å²) in [4.78, 5) is 0. The zero-order chi connectivity index (χ0) is 13.6. The number of hydrogen-bond acceptors (Lipinski definition) is 1. The first-order valence-corrected chi connectivity index (χ1v) is 6.99. The lowest BCUT2D eigenvalue weighted by Crippen LogP contribution is -2.31. The highest BCUT2D eigenvalue weighted by molar-refractivity contribution is 5.90. The van der Waals surface area contributed by atoms with E-state index in [2.05, 4.69) is 73.7 Å². The minimum atomic E-state index is -0.320. The van der Waals surface area contributed by atoms with E-state index in [1.54, 1.807) is 0 Å². The number of allylic oxidation sites excluding steroid dienone is 4. The van der Waals surface area contributed by atoms with Gasteiger partial charge in [0.2, 0.25) is 0 Å². The molecule has 1 nitrogen and oxygen atoms in total. The van der Waals surface area contributed by atoms with Gasteiger partial charge in [0.05, 0.1) is 6.61 Å². The molecule has 2 aliphatic rings. The van der Waals surface area contributed by atoms with Gasteiger partial charge < -0.3 is 4.74 Å². The fourth-order valence-corrected chi connectivity index (χ4v) is 3.08. The van der Waals surface area contributed by atoms with Gasteiger partial charge in [-0.25, -0.2) is 0 Å². The summed E-state index contributed by atoms with van der Waals surface area (Å²) in [5, 5.41) is 2.56. The summed E-state index contributed by atoms with van der Waals surface area (Å²) in [7, 11) is 0. The molecule has 0 saturated heterocycles. The SMILES string of the molecule is CC12C=CC=CC=C1c1cc3ccccc3cc1CO2. The van der Waals surface area contributed by atoms with E-state index in [1.165, 1.54) is 27.5 Å². The summed E-state index contributed by atoms with van der Waals surface area (Å²) in [6.45, 7) is 2.80. The topological polar surface area (TPSA) is 9.23 Å². The Labute approximate surface area is 118 Å². The summed E-state index contributed by atoms with van der Waals surface area (Å²) < 4.78 is 6.13. The third-order valence-electron chi connectivity index (χ3n) is 4.22. The van der Waals surface area contributed by atoms with Crippen molar-refractivity contribution >= 4 is 16.3 Å².